The Bertz CT molecular complexity index is 797. The van der Waals surface area contributed by atoms with Crippen LogP contribution in [0.15, 0.2) is 56.7 Å². The summed E-state index contributed by atoms with van der Waals surface area (Å²) in [5.74, 6) is -0.170. The molecule has 0 amide bonds. The molecule has 2 rings (SSSR count). The van der Waals surface area contributed by atoms with Crippen molar-refractivity contribution in [2.24, 2.45) is 0 Å². The van der Waals surface area contributed by atoms with Crippen LogP contribution in [0.3, 0.4) is 0 Å². The number of hydrogen-bond acceptors (Lipinski definition) is 5. The van der Waals surface area contributed by atoms with Crippen LogP contribution < -0.4 is 4.74 Å². The van der Waals surface area contributed by atoms with Crippen LogP contribution in [0.25, 0.3) is 0 Å². The van der Waals surface area contributed by atoms with Crippen molar-refractivity contribution >= 4 is 31.7 Å². The van der Waals surface area contributed by atoms with Crippen LogP contribution in [0.5, 0.6) is 5.75 Å². The maximum atomic E-state index is 12.7. The number of methoxy groups -OCH3 is 2. The van der Waals surface area contributed by atoms with Gasteiger partial charge in [-0.3, -0.25) is 0 Å². The molecule has 0 saturated heterocycles. The van der Waals surface area contributed by atoms with Crippen LogP contribution >= 0.6 is 15.9 Å². The molecule has 0 aliphatic rings. The highest BCUT2D eigenvalue weighted by Gasteiger charge is 2.25. The van der Waals surface area contributed by atoms with Crippen molar-refractivity contribution in [3.8, 4) is 5.75 Å². The van der Waals surface area contributed by atoms with Gasteiger partial charge < -0.3 is 9.47 Å². The highest BCUT2D eigenvalue weighted by Crippen LogP contribution is 2.28. The Morgan fingerprint density at radius 2 is 1.68 bits per heavy atom. The largest absolute Gasteiger partial charge is 0.497 e. The van der Waals surface area contributed by atoms with E-state index < -0.39 is 15.8 Å². The normalized spacial score (nSPS) is 11.0. The Balaban J connectivity index is 2.60. The fraction of sp³-hybridized carbons (Fsp3) is 0.133. The molecule has 0 unspecified atom stereocenters. The smallest absolute Gasteiger partial charge is 0.339 e. The zero-order valence-electron chi connectivity index (χ0n) is 11.9. The van der Waals surface area contributed by atoms with Gasteiger partial charge in [-0.1, -0.05) is 15.9 Å². The molecule has 0 saturated carbocycles. The second kappa shape index (κ2) is 6.50. The van der Waals surface area contributed by atoms with Gasteiger partial charge in [0.15, 0.2) is 0 Å². The molecule has 116 valence electrons. The van der Waals surface area contributed by atoms with Gasteiger partial charge in [-0.25, -0.2) is 13.2 Å². The van der Waals surface area contributed by atoms with Crippen molar-refractivity contribution in [1.82, 2.24) is 0 Å². The Hall–Kier alpha value is -1.86. The molecule has 0 spiro atoms. The summed E-state index contributed by atoms with van der Waals surface area (Å²) >= 11 is 3.22. The van der Waals surface area contributed by atoms with Crippen molar-refractivity contribution in [3.05, 3.63) is 52.5 Å². The van der Waals surface area contributed by atoms with Gasteiger partial charge in [0, 0.05) is 4.47 Å². The van der Waals surface area contributed by atoms with Crippen LogP contribution in [-0.4, -0.2) is 28.6 Å². The van der Waals surface area contributed by atoms with Crippen LogP contribution in [0.1, 0.15) is 10.4 Å². The van der Waals surface area contributed by atoms with Gasteiger partial charge in [0.1, 0.15) is 5.75 Å². The molecule has 0 aromatic heterocycles. The molecular weight excluding hydrogens is 372 g/mol. The summed E-state index contributed by atoms with van der Waals surface area (Å²) in [6, 6.07) is 10.3. The average molecular weight is 385 g/mol. The molecule has 0 bridgehead atoms. The van der Waals surface area contributed by atoms with E-state index in [0.29, 0.717) is 10.2 Å². The highest BCUT2D eigenvalue weighted by molar-refractivity contribution is 9.10. The lowest BCUT2D eigenvalue weighted by molar-refractivity contribution is 0.0596. The Morgan fingerprint density at radius 1 is 1.05 bits per heavy atom. The summed E-state index contributed by atoms with van der Waals surface area (Å²) in [4.78, 5) is 11.8. The number of carbonyl (C=O) groups excluding carboxylic acids is 1. The first-order valence-corrected chi connectivity index (χ1v) is 8.44. The minimum atomic E-state index is -3.84. The van der Waals surface area contributed by atoms with E-state index in [1.54, 1.807) is 18.2 Å². The third-order valence-electron chi connectivity index (χ3n) is 3.01. The first kappa shape index (κ1) is 16.5. The number of esters is 1. The van der Waals surface area contributed by atoms with E-state index in [4.69, 9.17) is 4.74 Å². The quantitative estimate of drug-likeness (QED) is 0.757. The van der Waals surface area contributed by atoms with Gasteiger partial charge in [-0.15, -0.1) is 0 Å². The molecule has 0 heterocycles. The van der Waals surface area contributed by atoms with Gasteiger partial charge in [-0.05, 0) is 42.5 Å². The van der Waals surface area contributed by atoms with Gasteiger partial charge in [0.25, 0.3) is 0 Å². The minimum absolute atomic E-state index is 0.0207. The van der Waals surface area contributed by atoms with E-state index in [-0.39, 0.29) is 15.4 Å². The molecule has 2 aromatic rings. The summed E-state index contributed by atoms with van der Waals surface area (Å²) in [6.07, 6.45) is 0. The summed E-state index contributed by atoms with van der Waals surface area (Å²) in [5.41, 5.74) is -0.0207. The molecule has 22 heavy (non-hydrogen) atoms. The van der Waals surface area contributed by atoms with Crippen molar-refractivity contribution in [1.29, 1.82) is 0 Å². The first-order chi connectivity index (χ1) is 10.4. The monoisotopic (exact) mass is 384 g/mol. The summed E-state index contributed by atoms with van der Waals surface area (Å²) < 4.78 is 35.7. The number of halogens is 1. The fourth-order valence-electron chi connectivity index (χ4n) is 1.89. The van der Waals surface area contributed by atoms with E-state index >= 15 is 0 Å². The number of sulfone groups is 1. The lowest BCUT2D eigenvalue weighted by Crippen LogP contribution is -2.11. The Kier molecular flexibility index (Phi) is 4.87. The SMILES string of the molecule is COC(=O)c1cc(Br)ccc1S(=O)(=O)c1ccc(OC)cc1. The zero-order valence-corrected chi connectivity index (χ0v) is 14.3. The van der Waals surface area contributed by atoms with Crippen molar-refractivity contribution < 1.29 is 22.7 Å². The number of hydrogen-bond donors (Lipinski definition) is 0. The standard InChI is InChI=1S/C15H13BrO5S/c1-20-11-4-6-12(7-5-11)22(18,19)14-8-3-10(16)9-13(14)15(17)21-2/h3-9H,1-2H3. The van der Waals surface area contributed by atoms with Crippen LogP contribution in [-0.2, 0) is 14.6 Å². The lowest BCUT2D eigenvalue weighted by Gasteiger charge is -2.10. The van der Waals surface area contributed by atoms with Gasteiger partial charge >= 0.3 is 5.97 Å². The Labute approximate surface area is 136 Å². The second-order valence-corrected chi connectivity index (χ2v) is 7.14. The molecule has 0 aliphatic carbocycles. The predicted octanol–water partition coefficient (Wildman–Crippen LogP) is 3.08. The van der Waals surface area contributed by atoms with Gasteiger partial charge in [0.2, 0.25) is 9.84 Å². The number of carbonyl (C=O) groups is 1. The summed E-state index contributed by atoms with van der Waals surface area (Å²) in [7, 11) is -1.15. The predicted molar refractivity (Wildman–Crippen MR) is 83.9 cm³/mol. The van der Waals surface area contributed by atoms with Gasteiger partial charge in [0.05, 0.1) is 29.6 Å². The second-order valence-electron chi connectivity index (χ2n) is 4.31. The molecule has 0 radical (unpaired) electrons. The molecule has 5 nitrogen and oxygen atoms in total. The minimum Gasteiger partial charge on any atom is -0.497 e. The van der Waals surface area contributed by atoms with E-state index in [1.165, 1.54) is 38.5 Å². The zero-order chi connectivity index (χ0) is 16.3. The van der Waals surface area contributed by atoms with Crippen molar-refractivity contribution in [3.63, 3.8) is 0 Å². The van der Waals surface area contributed by atoms with E-state index in [1.807, 2.05) is 0 Å². The Morgan fingerprint density at radius 3 is 2.23 bits per heavy atom. The van der Waals surface area contributed by atoms with Crippen molar-refractivity contribution in [2.45, 2.75) is 9.79 Å². The van der Waals surface area contributed by atoms with Crippen LogP contribution in [0.2, 0.25) is 0 Å². The molecule has 7 heteroatoms. The van der Waals surface area contributed by atoms with E-state index in [0.717, 1.165) is 0 Å². The summed E-state index contributed by atoms with van der Waals surface area (Å²) in [6.45, 7) is 0. The molecule has 0 N–H and O–H groups in total. The fourth-order valence-corrected chi connectivity index (χ4v) is 3.68. The number of ether oxygens (including phenoxy) is 2. The summed E-state index contributed by atoms with van der Waals surface area (Å²) in [5, 5.41) is 0. The van der Waals surface area contributed by atoms with Gasteiger partial charge in [-0.2, -0.15) is 0 Å². The average Bonchev–Trinajstić information content (AvgIpc) is 2.53. The first-order valence-electron chi connectivity index (χ1n) is 6.17. The molecule has 0 aliphatic heterocycles. The molecule has 0 atom stereocenters. The van der Waals surface area contributed by atoms with Crippen molar-refractivity contribution in [2.75, 3.05) is 14.2 Å². The highest BCUT2D eigenvalue weighted by atomic mass is 79.9. The maximum absolute atomic E-state index is 12.7. The van der Waals surface area contributed by atoms with Crippen LogP contribution in [0.4, 0.5) is 0 Å². The number of rotatable bonds is 4. The van der Waals surface area contributed by atoms with E-state index in [9.17, 15) is 13.2 Å². The van der Waals surface area contributed by atoms with Crippen LogP contribution in [0, 0.1) is 0 Å². The molecule has 2 aromatic carbocycles. The molecular formula is C15H13BrO5S. The molecule has 0 fully saturated rings. The lowest BCUT2D eigenvalue weighted by atomic mass is 10.2. The van der Waals surface area contributed by atoms with E-state index in [2.05, 4.69) is 20.7 Å². The third-order valence-corrected chi connectivity index (χ3v) is 5.33. The topological polar surface area (TPSA) is 69.7 Å². The number of benzene rings is 2. The maximum Gasteiger partial charge on any atom is 0.339 e. The third kappa shape index (κ3) is 3.15.